The van der Waals surface area contributed by atoms with Gasteiger partial charge in [0.1, 0.15) is 0 Å². The molecule has 8 rings (SSSR count). The third kappa shape index (κ3) is 3.90. The lowest BCUT2D eigenvalue weighted by atomic mass is 9.89. The number of hydrogen-bond donors (Lipinski definition) is 0. The van der Waals surface area contributed by atoms with Crippen LogP contribution in [-0.4, -0.2) is 9.97 Å². The second kappa shape index (κ2) is 9.66. The summed E-state index contributed by atoms with van der Waals surface area (Å²) in [5, 5.41) is 16.1. The molecule has 2 aromatic heterocycles. The second-order valence-corrected chi connectivity index (χ2v) is 10.5. The monoisotopic (exact) mass is 533 g/mol. The van der Waals surface area contributed by atoms with E-state index in [9.17, 15) is 5.26 Å². The van der Waals surface area contributed by atoms with Crippen LogP contribution in [0.5, 0.6) is 0 Å². The Morgan fingerprint density at radius 3 is 2.07 bits per heavy atom. The van der Waals surface area contributed by atoms with Crippen molar-refractivity contribution in [3.05, 3.63) is 145 Å². The largest absolute Gasteiger partial charge is 0.254 e. The quantitative estimate of drug-likeness (QED) is 0.212. The van der Waals surface area contributed by atoms with Gasteiger partial charge in [0.05, 0.1) is 28.4 Å². The van der Waals surface area contributed by atoms with Crippen LogP contribution in [0.25, 0.3) is 76.9 Å². The maximum Gasteiger partial charge on any atom is 0.0991 e. The van der Waals surface area contributed by atoms with E-state index in [1.54, 1.807) is 0 Å². The van der Waals surface area contributed by atoms with E-state index in [1.807, 2.05) is 36.5 Å². The van der Waals surface area contributed by atoms with Gasteiger partial charge in [-0.05, 0) is 74.1 Å². The van der Waals surface area contributed by atoms with Crippen LogP contribution in [0.4, 0.5) is 0 Å². The predicted octanol–water partition coefficient (Wildman–Crippen LogP) is 9.96. The van der Waals surface area contributed by atoms with Gasteiger partial charge in [0.25, 0.3) is 0 Å². The fourth-order valence-corrected chi connectivity index (χ4v) is 6.07. The summed E-state index contributed by atoms with van der Waals surface area (Å²) in [6, 6.07) is 48.6. The molecule has 0 unspecified atom stereocenters. The van der Waals surface area contributed by atoms with Crippen molar-refractivity contribution in [3.63, 3.8) is 0 Å². The Bertz CT molecular complexity index is 2360. The van der Waals surface area contributed by atoms with Gasteiger partial charge < -0.3 is 0 Å². The van der Waals surface area contributed by atoms with Crippen molar-refractivity contribution in [1.29, 1.82) is 5.26 Å². The van der Waals surface area contributed by atoms with Gasteiger partial charge in [-0.3, -0.25) is 4.98 Å². The lowest BCUT2D eigenvalue weighted by Crippen LogP contribution is -1.93. The molecule has 0 saturated carbocycles. The van der Waals surface area contributed by atoms with Gasteiger partial charge in [0.15, 0.2) is 0 Å². The van der Waals surface area contributed by atoms with E-state index in [0.29, 0.717) is 5.56 Å². The Morgan fingerprint density at radius 2 is 1.19 bits per heavy atom. The van der Waals surface area contributed by atoms with E-state index < -0.39 is 0 Å². The molecular weight excluding hydrogens is 510 g/mol. The van der Waals surface area contributed by atoms with Crippen LogP contribution in [0.2, 0.25) is 0 Å². The van der Waals surface area contributed by atoms with Crippen molar-refractivity contribution in [2.24, 2.45) is 0 Å². The number of nitrogens with zero attached hydrogens (tertiary/aromatic N) is 3. The summed E-state index contributed by atoms with van der Waals surface area (Å²) < 4.78 is 0. The summed E-state index contributed by atoms with van der Waals surface area (Å²) in [4.78, 5) is 9.96. The van der Waals surface area contributed by atoms with Crippen molar-refractivity contribution in [3.8, 4) is 39.6 Å². The first-order chi connectivity index (χ1) is 20.8. The summed E-state index contributed by atoms with van der Waals surface area (Å²) in [7, 11) is 0. The Kier molecular flexibility index (Phi) is 5.52. The molecule has 0 radical (unpaired) electrons. The highest BCUT2D eigenvalue weighted by Crippen LogP contribution is 2.40. The molecule has 0 atom stereocenters. The fraction of sp³-hybridized carbons (Fsp3) is 0. The van der Waals surface area contributed by atoms with Crippen molar-refractivity contribution in [2.75, 3.05) is 0 Å². The van der Waals surface area contributed by atoms with Gasteiger partial charge in [0.2, 0.25) is 0 Å². The molecule has 0 aliphatic carbocycles. The average molecular weight is 534 g/mol. The van der Waals surface area contributed by atoms with Gasteiger partial charge >= 0.3 is 0 Å². The smallest absolute Gasteiger partial charge is 0.0991 e. The summed E-state index contributed by atoms with van der Waals surface area (Å²) in [6.07, 6.45) is 1.83. The third-order valence-electron chi connectivity index (χ3n) is 8.14. The minimum atomic E-state index is 0.659. The lowest BCUT2D eigenvalue weighted by Gasteiger charge is -2.16. The number of hydrogen-bond acceptors (Lipinski definition) is 3. The zero-order chi connectivity index (χ0) is 28.0. The standard InChI is InChI=1S/C39H23N3/c40-24-25-10-12-28(13-11-25)32-9-3-6-27-14-17-31(23-35(27)32)34-20-18-26-5-1-2-8-33(26)37(34)36-21-19-30-16-15-29-7-4-22-41-38(29)39(30)42-36/h1-23H. The maximum absolute atomic E-state index is 9.28. The Labute approximate surface area is 243 Å². The van der Waals surface area contributed by atoms with Crippen LogP contribution < -0.4 is 0 Å². The lowest BCUT2D eigenvalue weighted by molar-refractivity contribution is 1.37. The molecule has 0 amide bonds. The molecule has 0 aliphatic heterocycles. The first-order valence-electron chi connectivity index (χ1n) is 14.0. The first kappa shape index (κ1) is 24.0. The molecule has 0 N–H and O–H groups in total. The molecule has 3 heteroatoms. The highest BCUT2D eigenvalue weighted by Gasteiger charge is 2.16. The van der Waals surface area contributed by atoms with E-state index >= 15 is 0 Å². The molecule has 194 valence electrons. The third-order valence-corrected chi connectivity index (χ3v) is 8.14. The number of fused-ring (bicyclic) bond motifs is 5. The molecular formula is C39H23N3. The minimum Gasteiger partial charge on any atom is -0.254 e. The van der Waals surface area contributed by atoms with Crippen LogP contribution in [0.1, 0.15) is 5.56 Å². The minimum absolute atomic E-state index is 0.659. The van der Waals surface area contributed by atoms with Crippen LogP contribution >= 0.6 is 0 Å². The second-order valence-electron chi connectivity index (χ2n) is 10.5. The molecule has 0 saturated heterocycles. The van der Waals surface area contributed by atoms with Crippen molar-refractivity contribution < 1.29 is 0 Å². The zero-order valence-corrected chi connectivity index (χ0v) is 22.6. The number of aromatic nitrogens is 2. The molecule has 0 bridgehead atoms. The summed E-state index contributed by atoms with van der Waals surface area (Å²) in [5.41, 5.74) is 9.00. The summed E-state index contributed by atoms with van der Waals surface area (Å²) >= 11 is 0. The van der Waals surface area contributed by atoms with E-state index in [2.05, 4.69) is 109 Å². The van der Waals surface area contributed by atoms with Crippen LogP contribution in [-0.2, 0) is 0 Å². The summed E-state index contributed by atoms with van der Waals surface area (Å²) in [6.45, 7) is 0. The SMILES string of the molecule is N#Cc1ccc(-c2cccc3ccc(-c4ccc5ccccc5c4-c4ccc5ccc6cccnc6c5n4)cc23)cc1. The molecule has 0 spiro atoms. The fourth-order valence-electron chi connectivity index (χ4n) is 6.07. The van der Waals surface area contributed by atoms with Crippen LogP contribution in [0.15, 0.2) is 140 Å². The zero-order valence-electron chi connectivity index (χ0n) is 22.6. The highest BCUT2D eigenvalue weighted by atomic mass is 14.8. The average Bonchev–Trinajstić information content (AvgIpc) is 3.07. The molecule has 3 nitrogen and oxygen atoms in total. The first-order valence-corrected chi connectivity index (χ1v) is 14.0. The normalized spacial score (nSPS) is 11.3. The molecule has 42 heavy (non-hydrogen) atoms. The summed E-state index contributed by atoms with van der Waals surface area (Å²) in [5.74, 6) is 0. The van der Waals surface area contributed by atoms with Crippen molar-refractivity contribution in [2.45, 2.75) is 0 Å². The Balaban J connectivity index is 1.39. The van der Waals surface area contributed by atoms with Crippen molar-refractivity contribution in [1.82, 2.24) is 9.97 Å². The topological polar surface area (TPSA) is 49.6 Å². The molecule has 6 aromatic carbocycles. The molecule has 2 heterocycles. The number of benzene rings is 6. The van der Waals surface area contributed by atoms with Gasteiger partial charge in [-0.2, -0.15) is 5.26 Å². The van der Waals surface area contributed by atoms with Crippen molar-refractivity contribution >= 4 is 43.4 Å². The van der Waals surface area contributed by atoms with E-state index in [-0.39, 0.29) is 0 Å². The molecule has 0 aliphatic rings. The van der Waals surface area contributed by atoms with Gasteiger partial charge in [0, 0.05) is 22.5 Å². The molecule has 0 fully saturated rings. The van der Waals surface area contributed by atoms with Crippen LogP contribution in [0.3, 0.4) is 0 Å². The van der Waals surface area contributed by atoms with E-state index in [0.717, 1.165) is 60.7 Å². The predicted molar refractivity (Wildman–Crippen MR) is 173 cm³/mol. The maximum atomic E-state index is 9.28. The highest BCUT2D eigenvalue weighted by molar-refractivity contribution is 6.08. The number of pyridine rings is 2. The number of rotatable bonds is 3. The van der Waals surface area contributed by atoms with Gasteiger partial charge in [-0.1, -0.05) is 103 Å². The van der Waals surface area contributed by atoms with Gasteiger partial charge in [-0.15, -0.1) is 0 Å². The van der Waals surface area contributed by atoms with E-state index in [4.69, 9.17) is 9.97 Å². The Morgan fingerprint density at radius 1 is 0.500 bits per heavy atom. The number of nitriles is 1. The van der Waals surface area contributed by atoms with Gasteiger partial charge in [-0.25, -0.2) is 4.98 Å². The Hall–Kier alpha value is -5.85. The van der Waals surface area contributed by atoms with E-state index in [1.165, 1.54) is 16.2 Å². The van der Waals surface area contributed by atoms with Crippen LogP contribution in [0, 0.1) is 11.3 Å². The molecule has 8 aromatic rings.